The van der Waals surface area contributed by atoms with Crippen molar-refractivity contribution >= 4 is 18.5 Å². The van der Waals surface area contributed by atoms with Gasteiger partial charge in [-0.25, -0.2) is 0 Å². The number of carbonyl (C=O) groups is 1. The lowest BCUT2D eigenvalue weighted by molar-refractivity contribution is -0.147. The van der Waals surface area contributed by atoms with Crippen molar-refractivity contribution in [1.29, 1.82) is 0 Å². The molecule has 4 rings (SSSR count). The van der Waals surface area contributed by atoms with Gasteiger partial charge in [0.15, 0.2) is 0 Å². The summed E-state index contributed by atoms with van der Waals surface area (Å²) in [5, 5.41) is 6.69. The quantitative estimate of drug-likeness (QED) is 0.610. The summed E-state index contributed by atoms with van der Waals surface area (Å²) in [5.74, 6) is -0.339. The lowest BCUT2D eigenvalue weighted by atomic mass is 9.77. The van der Waals surface area contributed by atoms with Gasteiger partial charge in [0, 0.05) is 18.5 Å². The minimum absolute atomic E-state index is 0.0743. The molecule has 1 saturated heterocycles. The number of aromatic nitrogens is 2. The number of nitrogens with one attached hydrogen (secondary N) is 1. The SMILES string of the molecule is CC(C)(C)c1nc(C(=O)N[C@@H]2CCN(CC(F)(F)F)Cc3cc(B4OC(C)(C)C(C)(C)O4)ccc32)no1. The van der Waals surface area contributed by atoms with E-state index in [1.54, 1.807) is 0 Å². The number of fused-ring (bicyclic) bond motifs is 1. The van der Waals surface area contributed by atoms with Crippen LogP contribution in [0.15, 0.2) is 22.7 Å². The number of hydrogen-bond acceptors (Lipinski definition) is 7. The highest BCUT2D eigenvalue weighted by Crippen LogP contribution is 2.37. The van der Waals surface area contributed by atoms with Gasteiger partial charge >= 0.3 is 13.3 Å². The van der Waals surface area contributed by atoms with Crippen molar-refractivity contribution < 1.29 is 31.8 Å². The summed E-state index contributed by atoms with van der Waals surface area (Å²) in [6.07, 6.45) is -4.06. The Hall–Kier alpha value is -2.44. The molecular weight excluding hydrogens is 488 g/mol. The van der Waals surface area contributed by atoms with Crippen LogP contribution in [-0.4, -0.2) is 58.5 Å². The highest BCUT2D eigenvalue weighted by molar-refractivity contribution is 6.62. The molecule has 37 heavy (non-hydrogen) atoms. The van der Waals surface area contributed by atoms with E-state index in [2.05, 4.69) is 15.5 Å². The van der Waals surface area contributed by atoms with E-state index in [1.807, 2.05) is 66.7 Å². The molecule has 2 aromatic rings. The number of alkyl halides is 3. The molecule has 1 aromatic carbocycles. The van der Waals surface area contributed by atoms with E-state index in [0.717, 1.165) is 5.56 Å². The second-order valence-electron chi connectivity index (χ2n) is 11.9. The molecule has 0 radical (unpaired) electrons. The van der Waals surface area contributed by atoms with Crippen LogP contribution in [0.25, 0.3) is 0 Å². The Balaban J connectivity index is 1.62. The lowest BCUT2D eigenvalue weighted by Crippen LogP contribution is -2.41. The zero-order valence-corrected chi connectivity index (χ0v) is 22.3. The number of rotatable bonds is 4. The summed E-state index contributed by atoms with van der Waals surface area (Å²) < 4.78 is 57.4. The summed E-state index contributed by atoms with van der Waals surface area (Å²) in [4.78, 5) is 18.5. The molecule has 1 amide bonds. The van der Waals surface area contributed by atoms with Gasteiger partial charge in [0.1, 0.15) is 0 Å². The molecule has 2 aliphatic rings. The van der Waals surface area contributed by atoms with E-state index >= 15 is 0 Å². The number of benzene rings is 1. The molecule has 12 heteroatoms. The Labute approximate surface area is 215 Å². The maximum absolute atomic E-state index is 13.3. The van der Waals surface area contributed by atoms with E-state index in [-0.39, 0.29) is 25.3 Å². The second kappa shape index (κ2) is 9.39. The minimum atomic E-state index is -4.35. The zero-order valence-electron chi connectivity index (χ0n) is 22.3. The predicted molar refractivity (Wildman–Crippen MR) is 131 cm³/mol. The summed E-state index contributed by atoms with van der Waals surface area (Å²) in [6.45, 7) is 12.6. The standard InChI is InChI=1S/C25H34BF3N4O4/c1-22(2,3)21-31-19(32-35-21)20(34)30-18-10-11-33(14-25(27,28)29)13-15-12-16(8-9-17(15)18)26-36-23(4,5)24(6,7)37-26/h8-9,12,18H,10-11,13-14H2,1-7H3,(H,30,34)/t18-/m1/s1. The van der Waals surface area contributed by atoms with Gasteiger partial charge in [-0.3, -0.25) is 9.69 Å². The average Bonchev–Trinajstić information content (AvgIpc) is 3.28. The van der Waals surface area contributed by atoms with Crippen molar-refractivity contribution in [3.8, 4) is 0 Å². The molecule has 3 heterocycles. The molecular formula is C25H34BF3N4O4. The first-order valence-electron chi connectivity index (χ1n) is 12.4. The molecule has 0 unspecified atom stereocenters. The number of hydrogen-bond donors (Lipinski definition) is 1. The topological polar surface area (TPSA) is 89.7 Å². The summed E-state index contributed by atoms with van der Waals surface area (Å²) in [6, 6.07) is 4.95. The van der Waals surface area contributed by atoms with Crippen LogP contribution in [0.5, 0.6) is 0 Å². The van der Waals surface area contributed by atoms with Crippen molar-refractivity contribution in [3.63, 3.8) is 0 Å². The third kappa shape index (κ3) is 6.01. The molecule has 0 spiro atoms. The minimum Gasteiger partial charge on any atom is -0.399 e. The van der Waals surface area contributed by atoms with E-state index in [9.17, 15) is 18.0 Å². The van der Waals surface area contributed by atoms with Crippen LogP contribution in [0.2, 0.25) is 0 Å². The smallest absolute Gasteiger partial charge is 0.399 e. The molecule has 2 aliphatic heterocycles. The molecule has 202 valence electrons. The van der Waals surface area contributed by atoms with Crippen molar-refractivity contribution in [3.05, 3.63) is 41.0 Å². The van der Waals surface area contributed by atoms with Crippen LogP contribution in [0, 0.1) is 0 Å². The van der Waals surface area contributed by atoms with E-state index in [4.69, 9.17) is 13.8 Å². The third-order valence-corrected chi connectivity index (χ3v) is 7.17. The van der Waals surface area contributed by atoms with Gasteiger partial charge in [0.2, 0.25) is 5.89 Å². The van der Waals surface area contributed by atoms with Gasteiger partial charge in [0.25, 0.3) is 11.7 Å². The first-order valence-corrected chi connectivity index (χ1v) is 12.4. The summed E-state index contributed by atoms with van der Waals surface area (Å²) >= 11 is 0. The van der Waals surface area contributed by atoms with Gasteiger partial charge in [-0.15, -0.1) is 0 Å². The van der Waals surface area contributed by atoms with Crippen LogP contribution in [0.1, 0.15) is 88.6 Å². The van der Waals surface area contributed by atoms with Crippen LogP contribution >= 0.6 is 0 Å². The largest absolute Gasteiger partial charge is 0.494 e. The average molecular weight is 522 g/mol. The highest BCUT2D eigenvalue weighted by atomic mass is 19.4. The van der Waals surface area contributed by atoms with Crippen LogP contribution in [0.4, 0.5) is 13.2 Å². The number of nitrogens with zero attached hydrogens (tertiary/aromatic N) is 3. The van der Waals surface area contributed by atoms with Gasteiger partial charge in [0.05, 0.1) is 23.8 Å². The number of halogens is 3. The van der Waals surface area contributed by atoms with Gasteiger partial charge < -0.3 is 19.1 Å². The normalized spacial score (nSPS) is 22.0. The molecule has 1 atom stereocenters. The van der Waals surface area contributed by atoms with Gasteiger partial charge in [-0.05, 0) is 50.7 Å². The maximum Gasteiger partial charge on any atom is 0.494 e. The Kier molecular flexibility index (Phi) is 7.00. The van der Waals surface area contributed by atoms with Crippen molar-refractivity contribution in [2.75, 3.05) is 13.1 Å². The van der Waals surface area contributed by atoms with Crippen LogP contribution < -0.4 is 10.8 Å². The number of amides is 1. The van der Waals surface area contributed by atoms with Gasteiger partial charge in [-0.2, -0.15) is 18.2 Å². The fourth-order valence-corrected chi connectivity index (χ4v) is 4.40. The van der Waals surface area contributed by atoms with E-state index < -0.39 is 48.4 Å². The number of carbonyl (C=O) groups excluding carboxylic acids is 1. The maximum atomic E-state index is 13.3. The predicted octanol–water partition coefficient (Wildman–Crippen LogP) is 3.91. The van der Waals surface area contributed by atoms with Crippen molar-refractivity contribution in [2.24, 2.45) is 0 Å². The fourth-order valence-electron chi connectivity index (χ4n) is 4.40. The van der Waals surface area contributed by atoms with Crippen molar-refractivity contribution in [2.45, 2.75) is 90.3 Å². The first kappa shape index (κ1) is 27.6. The zero-order chi connectivity index (χ0) is 27.4. The Morgan fingerprint density at radius 3 is 2.38 bits per heavy atom. The molecule has 8 nitrogen and oxygen atoms in total. The fraction of sp³-hybridized carbons (Fsp3) is 0.640. The Morgan fingerprint density at radius 1 is 1.16 bits per heavy atom. The third-order valence-electron chi connectivity index (χ3n) is 7.17. The summed E-state index contributed by atoms with van der Waals surface area (Å²) in [5.41, 5.74) is 0.576. The van der Waals surface area contributed by atoms with Gasteiger partial charge in [-0.1, -0.05) is 44.1 Å². The molecule has 1 fully saturated rings. The monoisotopic (exact) mass is 522 g/mol. The van der Waals surface area contributed by atoms with Crippen LogP contribution in [-0.2, 0) is 21.3 Å². The molecule has 1 aromatic heterocycles. The second-order valence-corrected chi connectivity index (χ2v) is 11.9. The Bertz CT molecular complexity index is 1140. The summed E-state index contributed by atoms with van der Waals surface area (Å²) in [7, 11) is -0.655. The molecule has 0 saturated carbocycles. The van der Waals surface area contributed by atoms with E-state index in [1.165, 1.54) is 4.90 Å². The molecule has 0 aliphatic carbocycles. The molecule has 1 N–H and O–H groups in total. The highest BCUT2D eigenvalue weighted by Gasteiger charge is 2.52. The van der Waals surface area contributed by atoms with Crippen LogP contribution in [0.3, 0.4) is 0 Å². The van der Waals surface area contributed by atoms with E-state index in [0.29, 0.717) is 16.9 Å². The Morgan fingerprint density at radius 2 is 1.81 bits per heavy atom. The lowest BCUT2D eigenvalue weighted by Gasteiger charge is -2.32. The molecule has 0 bridgehead atoms. The van der Waals surface area contributed by atoms with Crippen molar-refractivity contribution in [1.82, 2.24) is 20.4 Å². The first-order chi connectivity index (χ1) is 17.0.